The zero-order chi connectivity index (χ0) is 39.1. The third kappa shape index (κ3) is 6.34. The van der Waals surface area contributed by atoms with Crippen molar-refractivity contribution < 1.29 is 0 Å². The van der Waals surface area contributed by atoms with Crippen molar-refractivity contribution in [3.05, 3.63) is 218 Å². The molecule has 59 heavy (non-hydrogen) atoms. The molecule has 0 unspecified atom stereocenters. The van der Waals surface area contributed by atoms with Gasteiger partial charge in [-0.05, 0) is 80.6 Å². The molecule has 0 aliphatic rings. The number of benzene rings is 9. The molecule has 0 atom stereocenters. The number of fused-ring (bicyclic) bond motifs is 4. The van der Waals surface area contributed by atoms with Crippen molar-refractivity contribution in [2.75, 3.05) is 0 Å². The van der Waals surface area contributed by atoms with Crippen molar-refractivity contribution in [3.8, 4) is 73.2 Å². The predicted molar refractivity (Wildman–Crippen MR) is 244 cm³/mol. The molecule has 276 valence electrons. The van der Waals surface area contributed by atoms with E-state index in [4.69, 9.17) is 15.0 Å². The molecule has 0 spiro atoms. The molecule has 9 aromatic carbocycles. The topological polar surface area (TPSA) is 43.6 Å². The molecule has 0 radical (unpaired) electrons. The summed E-state index contributed by atoms with van der Waals surface area (Å²) in [5.74, 6) is 1.83. The van der Waals surface area contributed by atoms with Gasteiger partial charge in [-0.1, -0.05) is 182 Å². The van der Waals surface area contributed by atoms with Gasteiger partial charge in [-0.15, -0.1) is 0 Å². The van der Waals surface area contributed by atoms with E-state index in [-0.39, 0.29) is 0 Å². The molecule has 0 bridgehead atoms. The smallest absolute Gasteiger partial charge is 0.166 e. The lowest BCUT2D eigenvalue weighted by Gasteiger charge is -2.17. The molecule has 4 heteroatoms. The zero-order valence-electron chi connectivity index (χ0n) is 32.1. The highest BCUT2D eigenvalue weighted by atomic mass is 15.1. The van der Waals surface area contributed by atoms with Crippen LogP contribution in [0.3, 0.4) is 0 Å². The van der Waals surface area contributed by atoms with Crippen LogP contribution in [0, 0.1) is 0 Å². The highest BCUT2D eigenvalue weighted by Gasteiger charge is 2.20. The Morgan fingerprint density at radius 3 is 1.44 bits per heavy atom. The zero-order valence-corrected chi connectivity index (χ0v) is 32.1. The van der Waals surface area contributed by atoms with Crippen molar-refractivity contribution in [2.24, 2.45) is 0 Å². The minimum Gasteiger partial charge on any atom is -0.308 e. The Bertz CT molecular complexity index is 3260. The number of hydrogen-bond acceptors (Lipinski definition) is 3. The first-order valence-electron chi connectivity index (χ1n) is 19.9. The molecular weight excluding hydrogens is 717 g/mol. The summed E-state index contributed by atoms with van der Waals surface area (Å²) in [6.07, 6.45) is 0. The lowest BCUT2D eigenvalue weighted by atomic mass is 9.98. The van der Waals surface area contributed by atoms with Gasteiger partial charge in [0.25, 0.3) is 0 Å². The van der Waals surface area contributed by atoms with Gasteiger partial charge in [0.15, 0.2) is 17.5 Å². The highest BCUT2D eigenvalue weighted by molar-refractivity contribution is 6.10. The monoisotopic (exact) mass is 752 g/mol. The first-order valence-corrected chi connectivity index (χ1v) is 19.9. The standard InChI is InChI=1S/C55H36N4/c1-3-14-37(15-4-1)40-26-29-41(30-27-40)53-56-54(46-21-13-20-43(35-46)38-16-5-2-6-17-38)58-55(57-53)49-33-32-45(44-31-28-39-18-7-8-19-42(39)34-44)36-52(49)59-50-24-11-9-22-47(50)48-23-10-12-25-51(48)59/h1-36H. The van der Waals surface area contributed by atoms with Crippen molar-refractivity contribution in [1.82, 2.24) is 19.5 Å². The largest absolute Gasteiger partial charge is 0.308 e. The molecule has 11 rings (SSSR count). The summed E-state index contributed by atoms with van der Waals surface area (Å²) in [6.45, 7) is 0. The van der Waals surface area contributed by atoms with Gasteiger partial charge in [-0.3, -0.25) is 0 Å². The summed E-state index contributed by atoms with van der Waals surface area (Å²) in [7, 11) is 0. The van der Waals surface area contributed by atoms with E-state index in [0.29, 0.717) is 17.5 Å². The number of nitrogens with zero attached hydrogens (tertiary/aromatic N) is 4. The van der Waals surface area contributed by atoms with Crippen molar-refractivity contribution >= 4 is 32.6 Å². The van der Waals surface area contributed by atoms with Gasteiger partial charge in [0.2, 0.25) is 0 Å². The van der Waals surface area contributed by atoms with E-state index in [1.165, 1.54) is 21.5 Å². The van der Waals surface area contributed by atoms with E-state index in [2.05, 4.69) is 211 Å². The Morgan fingerprint density at radius 2 is 0.729 bits per heavy atom. The second kappa shape index (κ2) is 14.5. The van der Waals surface area contributed by atoms with Crippen LogP contribution >= 0.6 is 0 Å². The molecule has 0 amide bonds. The van der Waals surface area contributed by atoms with Crippen LogP contribution in [0.1, 0.15) is 0 Å². The Balaban J connectivity index is 1.15. The molecular formula is C55H36N4. The van der Waals surface area contributed by atoms with Crippen LogP contribution in [0.25, 0.3) is 106 Å². The maximum atomic E-state index is 5.34. The van der Waals surface area contributed by atoms with Crippen LogP contribution in [0.2, 0.25) is 0 Å². The molecule has 0 saturated carbocycles. The number of aromatic nitrogens is 4. The van der Waals surface area contributed by atoms with Crippen LogP contribution < -0.4 is 0 Å². The van der Waals surface area contributed by atoms with Crippen LogP contribution in [0.4, 0.5) is 0 Å². The van der Waals surface area contributed by atoms with Gasteiger partial charge in [-0.2, -0.15) is 0 Å². The van der Waals surface area contributed by atoms with Gasteiger partial charge in [0, 0.05) is 27.5 Å². The Labute approximate surface area is 342 Å². The van der Waals surface area contributed by atoms with Crippen LogP contribution in [0.15, 0.2) is 218 Å². The number of hydrogen-bond donors (Lipinski definition) is 0. The second-order valence-electron chi connectivity index (χ2n) is 14.9. The molecule has 0 aliphatic heterocycles. The minimum absolute atomic E-state index is 0.601. The SMILES string of the molecule is c1ccc(-c2ccc(-c3nc(-c4cccc(-c5ccccc5)c4)nc(-c4ccc(-c5ccc6ccccc6c5)cc4-n4c5ccccc5c5ccccc54)n3)cc2)cc1. The molecule has 0 fully saturated rings. The summed E-state index contributed by atoms with van der Waals surface area (Å²) in [6, 6.07) is 77.0. The fourth-order valence-corrected chi connectivity index (χ4v) is 8.30. The van der Waals surface area contributed by atoms with Crippen molar-refractivity contribution in [2.45, 2.75) is 0 Å². The fourth-order valence-electron chi connectivity index (χ4n) is 8.30. The van der Waals surface area contributed by atoms with E-state index in [9.17, 15) is 0 Å². The van der Waals surface area contributed by atoms with Crippen LogP contribution in [-0.2, 0) is 0 Å². The Morgan fingerprint density at radius 1 is 0.271 bits per heavy atom. The summed E-state index contributed by atoms with van der Waals surface area (Å²) in [5, 5.41) is 4.81. The molecule has 0 saturated heterocycles. The lowest BCUT2D eigenvalue weighted by Crippen LogP contribution is -2.04. The summed E-state index contributed by atoms with van der Waals surface area (Å²) < 4.78 is 2.37. The molecule has 2 heterocycles. The first-order chi connectivity index (χ1) is 29.2. The Kier molecular flexibility index (Phi) is 8.45. The number of rotatable bonds is 7. The van der Waals surface area contributed by atoms with Crippen molar-refractivity contribution in [3.63, 3.8) is 0 Å². The first kappa shape index (κ1) is 34.3. The molecule has 2 aromatic heterocycles. The van der Waals surface area contributed by atoms with E-state index in [1.807, 2.05) is 12.1 Å². The predicted octanol–water partition coefficient (Wildman–Crippen LogP) is 14.1. The van der Waals surface area contributed by atoms with E-state index in [0.717, 1.165) is 66.8 Å². The van der Waals surface area contributed by atoms with E-state index in [1.54, 1.807) is 0 Å². The lowest BCUT2D eigenvalue weighted by molar-refractivity contribution is 1.06. The van der Waals surface area contributed by atoms with E-state index >= 15 is 0 Å². The van der Waals surface area contributed by atoms with Gasteiger partial charge < -0.3 is 4.57 Å². The maximum absolute atomic E-state index is 5.34. The average Bonchev–Trinajstić information content (AvgIpc) is 3.66. The maximum Gasteiger partial charge on any atom is 0.166 e. The second-order valence-corrected chi connectivity index (χ2v) is 14.9. The number of para-hydroxylation sites is 2. The highest BCUT2D eigenvalue weighted by Crippen LogP contribution is 2.39. The molecule has 11 aromatic rings. The quantitative estimate of drug-likeness (QED) is 0.163. The van der Waals surface area contributed by atoms with Crippen molar-refractivity contribution in [1.29, 1.82) is 0 Å². The van der Waals surface area contributed by atoms with Gasteiger partial charge in [0.05, 0.1) is 16.7 Å². The minimum atomic E-state index is 0.601. The summed E-state index contributed by atoms with van der Waals surface area (Å²) >= 11 is 0. The van der Waals surface area contributed by atoms with Gasteiger partial charge >= 0.3 is 0 Å². The molecule has 4 nitrogen and oxygen atoms in total. The Hall–Kier alpha value is -7.95. The third-order valence-electron chi connectivity index (χ3n) is 11.3. The summed E-state index contributed by atoms with van der Waals surface area (Å²) in [5.41, 5.74) is 12.8. The van der Waals surface area contributed by atoms with Crippen LogP contribution in [-0.4, -0.2) is 19.5 Å². The summed E-state index contributed by atoms with van der Waals surface area (Å²) in [4.78, 5) is 15.9. The van der Waals surface area contributed by atoms with E-state index < -0.39 is 0 Å². The van der Waals surface area contributed by atoms with Gasteiger partial charge in [-0.25, -0.2) is 15.0 Å². The fraction of sp³-hybridized carbons (Fsp3) is 0. The third-order valence-corrected chi connectivity index (χ3v) is 11.3. The van der Waals surface area contributed by atoms with Crippen LogP contribution in [0.5, 0.6) is 0 Å². The molecule has 0 aliphatic carbocycles. The molecule has 0 N–H and O–H groups in total. The normalized spacial score (nSPS) is 11.4. The average molecular weight is 753 g/mol. The van der Waals surface area contributed by atoms with Gasteiger partial charge in [0.1, 0.15) is 0 Å².